The molecule has 1 atom stereocenters. The van der Waals surface area contributed by atoms with E-state index in [1.807, 2.05) is 31.7 Å². The number of nitriles is 1. The zero-order chi connectivity index (χ0) is 22.7. The van der Waals surface area contributed by atoms with Gasteiger partial charge in [-0.2, -0.15) is 10.2 Å². The molecule has 1 aromatic heterocycles. The Bertz CT molecular complexity index is 1130. The fraction of sp³-hybridized carbons (Fsp3) is 0.375. The average molecular weight is 434 g/mol. The first-order valence-corrected chi connectivity index (χ1v) is 10.8. The summed E-state index contributed by atoms with van der Waals surface area (Å²) in [7, 11) is 0. The van der Waals surface area contributed by atoms with Crippen molar-refractivity contribution in [3.8, 4) is 23.3 Å². The Morgan fingerprint density at radius 2 is 2.09 bits per heavy atom. The Balaban J connectivity index is 1.53. The van der Waals surface area contributed by atoms with Crippen LogP contribution >= 0.6 is 0 Å². The third-order valence-electron chi connectivity index (χ3n) is 5.33. The fourth-order valence-corrected chi connectivity index (χ4v) is 3.68. The number of nitrogens with zero attached hydrogens (tertiary/aromatic N) is 4. The number of fused-ring (bicyclic) bond motifs is 1. The van der Waals surface area contributed by atoms with Crippen molar-refractivity contribution in [3.05, 3.63) is 53.1 Å². The molecular formula is C24H27N5O3. The van der Waals surface area contributed by atoms with Crippen molar-refractivity contribution in [2.24, 2.45) is 0 Å². The van der Waals surface area contributed by atoms with Gasteiger partial charge in [0.25, 0.3) is 11.8 Å². The van der Waals surface area contributed by atoms with Crippen molar-refractivity contribution in [2.75, 3.05) is 18.1 Å². The number of aliphatic hydroxyl groups is 1. The van der Waals surface area contributed by atoms with E-state index in [9.17, 15) is 10.4 Å². The molecule has 2 heterocycles. The lowest BCUT2D eigenvalue weighted by Gasteiger charge is -2.15. The number of hydrogen-bond donors (Lipinski definition) is 2. The smallest absolute Gasteiger partial charge is 0.270 e. The standard InChI is InChI=1S/C24H27N5O3/c1-15(2)31-22-7-5-19(11-20(22)12-25)23-27-24(28-32-23)29-9-8-18-10-17(4-6-21(18)29)13-26-16(3)14-30/h4-7,10-11,15-16,26,30H,8-9,13-14H2,1-3H3/t16-/m0/s1. The predicted octanol–water partition coefficient (Wildman–Crippen LogP) is 3.56. The van der Waals surface area contributed by atoms with E-state index in [4.69, 9.17) is 9.26 Å². The zero-order valence-corrected chi connectivity index (χ0v) is 18.5. The molecule has 0 saturated heterocycles. The van der Waals surface area contributed by atoms with Crippen LogP contribution < -0.4 is 15.0 Å². The van der Waals surface area contributed by atoms with Gasteiger partial charge in [0.15, 0.2) is 0 Å². The van der Waals surface area contributed by atoms with Crippen LogP contribution in [0.1, 0.15) is 37.5 Å². The van der Waals surface area contributed by atoms with Gasteiger partial charge in [0.05, 0.1) is 18.3 Å². The third kappa shape index (κ3) is 4.59. The molecule has 2 aromatic carbocycles. The number of rotatable bonds is 8. The summed E-state index contributed by atoms with van der Waals surface area (Å²) in [6.45, 7) is 7.38. The molecule has 3 aromatic rings. The van der Waals surface area contributed by atoms with Crippen LogP contribution in [-0.4, -0.2) is 40.5 Å². The maximum Gasteiger partial charge on any atom is 0.270 e. The summed E-state index contributed by atoms with van der Waals surface area (Å²) in [5.41, 5.74) is 4.57. The number of aliphatic hydroxyl groups excluding tert-OH is 1. The zero-order valence-electron chi connectivity index (χ0n) is 18.5. The van der Waals surface area contributed by atoms with Crippen LogP contribution in [-0.2, 0) is 13.0 Å². The highest BCUT2D eigenvalue weighted by Crippen LogP contribution is 2.35. The van der Waals surface area contributed by atoms with Gasteiger partial charge in [-0.1, -0.05) is 12.1 Å². The van der Waals surface area contributed by atoms with Crippen LogP contribution in [0, 0.1) is 11.3 Å². The van der Waals surface area contributed by atoms with Crippen LogP contribution in [0.15, 0.2) is 40.9 Å². The predicted molar refractivity (Wildman–Crippen MR) is 121 cm³/mol. The Kier molecular flexibility index (Phi) is 6.40. The summed E-state index contributed by atoms with van der Waals surface area (Å²) in [5.74, 6) is 1.40. The van der Waals surface area contributed by atoms with Gasteiger partial charge in [0.2, 0.25) is 0 Å². The molecule has 32 heavy (non-hydrogen) atoms. The second-order valence-electron chi connectivity index (χ2n) is 8.22. The fourth-order valence-electron chi connectivity index (χ4n) is 3.68. The number of benzene rings is 2. The number of anilines is 2. The normalized spacial score (nSPS) is 13.8. The highest BCUT2D eigenvalue weighted by atomic mass is 16.5. The van der Waals surface area contributed by atoms with E-state index in [1.54, 1.807) is 12.1 Å². The maximum atomic E-state index is 9.47. The van der Waals surface area contributed by atoms with Crippen molar-refractivity contribution in [1.82, 2.24) is 15.5 Å². The van der Waals surface area contributed by atoms with Gasteiger partial charge >= 0.3 is 0 Å². The highest BCUT2D eigenvalue weighted by Gasteiger charge is 2.25. The van der Waals surface area contributed by atoms with Crippen molar-refractivity contribution >= 4 is 11.6 Å². The SMILES string of the molecule is CC(C)Oc1ccc(-c2nc(N3CCc4cc(CN[C@@H](C)CO)ccc43)no2)cc1C#N. The monoisotopic (exact) mass is 433 g/mol. The van der Waals surface area contributed by atoms with Gasteiger partial charge in [-0.05, 0) is 67.7 Å². The Hall–Kier alpha value is -3.41. The Morgan fingerprint density at radius 1 is 1.25 bits per heavy atom. The number of nitrogens with one attached hydrogen (secondary N) is 1. The first kappa shape index (κ1) is 21.8. The van der Waals surface area contributed by atoms with E-state index in [0.29, 0.717) is 35.3 Å². The first-order valence-electron chi connectivity index (χ1n) is 10.8. The van der Waals surface area contributed by atoms with Crippen LogP contribution in [0.3, 0.4) is 0 Å². The third-order valence-corrected chi connectivity index (χ3v) is 5.33. The molecule has 4 rings (SSSR count). The molecule has 8 nitrogen and oxygen atoms in total. The molecule has 1 aliphatic rings. The van der Waals surface area contributed by atoms with E-state index in [0.717, 1.165) is 18.7 Å². The molecule has 0 unspecified atom stereocenters. The minimum atomic E-state index is -0.0208. The van der Waals surface area contributed by atoms with E-state index >= 15 is 0 Å². The molecule has 0 amide bonds. The molecular weight excluding hydrogens is 406 g/mol. The van der Waals surface area contributed by atoms with E-state index in [2.05, 4.69) is 39.7 Å². The van der Waals surface area contributed by atoms with Gasteiger partial charge in [0.1, 0.15) is 11.8 Å². The van der Waals surface area contributed by atoms with E-state index in [-0.39, 0.29) is 18.8 Å². The lowest BCUT2D eigenvalue weighted by molar-refractivity contribution is 0.241. The minimum Gasteiger partial charge on any atom is -0.490 e. The molecule has 1 aliphatic heterocycles. The summed E-state index contributed by atoms with van der Waals surface area (Å²) >= 11 is 0. The summed E-state index contributed by atoms with van der Waals surface area (Å²) in [4.78, 5) is 6.62. The second kappa shape index (κ2) is 9.39. The largest absolute Gasteiger partial charge is 0.490 e. The summed E-state index contributed by atoms with van der Waals surface area (Å²) in [6, 6.07) is 13.8. The van der Waals surface area contributed by atoms with Crippen molar-refractivity contribution in [2.45, 2.75) is 45.9 Å². The van der Waals surface area contributed by atoms with Crippen LogP contribution in [0.25, 0.3) is 11.5 Å². The van der Waals surface area contributed by atoms with Crippen LogP contribution in [0.4, 0.5) is 11.6 Å². The summed E-state index contributed by atoms with van der Waals surface area (Å²) in [6.07, 6.45) is 0.871. The first-order chi connectivity index (χ1) is 15.5. The van der Waals surface area contributed by atoms with Crippen LogP contribution in [0.2, 0.25) is 0 Å². The van der Waals surface area contributed by atoms with Crippen molar-refractivity contribution < 1.29 is 14.4 Å². The quantitative estimate of drug-likeness (QED) is 0.555. The van der Waals surface area contributed by atoms with Gasteiger partial charge < -0.3 is 24.6 Å². The average Bonchev–Trinajstić information content (AvgIpc) is 3.44. The molecule has 8 heteroatoms. The molecule has 0 aliphatic carbocycles. The maximum absolute atomic E-state index is 9.47. The second-order valence-corrected chi connectivity index (χ2v) is 8.22. The van der Waals surface area contributed by atoms with Crippen molar-refractivity contribution in [3.63, 3.8) is 0 Å². The molecule has 0 bridgehead atoms. The molecule has 0 radical (unpaired) electrons. The molecule has 0 spiro atoms. The van der Waals surface area contributed by atoms with Gasteiger partial charge in [-0.15, -0.1) is 0 Å². The number of aromatic nitrogens is 2. The lowest BCUT2D eigenvalue weighted by Crippen LogP contribution is -2.28. The van der Waals surface area contributed by atoms with Crippen molar-refractivity contribution in [1.29, 1.82) is 5.26 Å². The summed E-state index contributed by atoms with van der Waals surface area (Å²) < 4.78 is 11.2. The molecule has 2 N–H and O–H groups in total. The minimum absolute atomic E-state index is 0.0208. The van der Waals surface area contributed by atoms with E-state index in [1.165, 1.54) is 11.1 Å². The Labute approximate surface area is 187 Å². The Morgan fingerprint density at radius 3 is 2.84 bits per heavy atom. The van der Waals surface area contributed by atoms with Gasteiger partial charge in [-0.3, -0.25) is 0 Å². The molecule has 0 fully saturated rings. The van der Waals surface area contributed by atoms with Crippen LogP contribution in [0.5, 0.6) is 5.75 Å². The highest BCUT2D eigenvalue weighted by molar-refractivity contribution is 5.68. The van der Waals surface area contributed by atoms with E-state index < -0.39 is 0 Å². The number of ether oxygens (including phenoxy) is 1. The molecule has 166 valence electrons. The topological polar surface area (TPSA) is 107 Å². The molecule has 0 saturated carbocycles. The van der Waals surface area contributed by atoms with Gasteiger partial charge in [0, 0.05) is 30.4 Å². The summed E-state index contributed by atoms with van der Waals surface area (Å²) in [5, 5.41) is 26.1. The number of hydrogen-bond acceptors (Lipinski definition) is 8. The lowest BCUT2D eigenvalue weighted by atomic mass is 10.1. The van der Waals surface area contributed by atoms with Gasteiger partial charge in [-0.25, -0.2) is 0 Å².